The number of hydrogen-bond acceptors (Lipinski definition) is 7. The number of aromatic nitrogens is 4. The molecule has 2 aliphatic rings. The van der Waals surface area contributed by atoms with Gasteiger partial charge in [0.2, 0.25) is 5.95 Å². The van der Waals surface area contributed by atoms with Crippen molar-refractivity contribution >= 4 is 17.5 Å². The molecule has 8 heteroatoms. The molecule has 1 aromatic carbocycles. The molecule has 2 aromatic heterocycles. The predicted molar refractivity (Wildman–Crippen MR) is 116 cm³/mol. The first-order valence-corrected chi connectivity index (χ1v) is 10.6. The molecule has 0 saturated carbocycles. The van der Waals surface area contributed by atoms with E-state index in [2.05, 4.69) is 37.6 Å². The van der Waals surface area contributed by atoms with E-state index in [0.717, 1.165) is 79.8 Å². The van der Waals surface area contributed by atoms with Gasteiger partial charge in [-0.15, -0.1) is 0 Å². The maximum absolute atomic E-state index is 5.75. The van der Waals surface area contributed by atoms with Gasteiger partial charge in [0, 0.05) is 62.0 Å². The molecule has 2 aliphatic heterocycles. The molecule has 3 aromatic rings. The topological polar surface area (TPSA) is 88.9 Å². The Labute approximate surface area is 176 Å². The lowest BCUT2D eigenvalue weighted by molar-refractivity contribution is 0.120. The zero-order valence-corrected chi connectivity index (χ0v) is 17.2. The number of anilines is 3. The molecule has 8 nitrogen and oxygen atoms in total. The molecule has 4 heterocycles. The summed E-state index contributed by atoms with van der Waals surface area (Å²) in [6, 6.07) is 8.21. The van der Waals surface area contributed by atoms with Gasteiger partial charge in [-0.25, -0.2) is 9.97 Å². The van der Waals surface area contributed by atoms with Crippen molar-refractivity contribution in [2.75, 3.05) is 30.3 Å². The van der Waals surface area contributed by atoms with E-state index in [0.29, 0.717) is 5.95 Å². The van der Waals surface area contributed by atoms with Crippen molar-refractivity contribution < 1.29 is 4.74 Å². The van der Waals surface area contributed by atoms with Gasteiger partial charge in [-0.05, 0) is 44.0 Å². The Bertz CT molecular complexity index is 1010. The fraction of sp³-hybridized carbons (Fsp3) is 0.409. The molecular formula is C22H27N7O. The Morgan fingerprint density at radius 3 is 2.90 bits per heavy atom. The highest BCUT2D eigenvalue weighted by molar-refractivity contribution is 5.59. The summed E-state index contributed by atoms with van der Waals surface area (Å²) in [4.78, 5) is 13.9. The second kappa shape index (κ2) is 8.41. The number of fused-ring (bicyclic) bond motifs is 1. The number of rotatable bonds is 6. The summed E-state index contributed by atoms with van der Waals surface area (Å²) in [5, 5.41) is 10.3. The second-order valence-electron chi connectivity index (χ2n) is 7.78. The van der Waals surface area contributed by atoms with Crippen LogP contribution in [0, 0.1) is 6.92 Å². The van der Waals surface area contributed by atoms with Crippen molar-refractivity contribution in [1.82, 2.24) is 24.8 Å². The van der Waals surface area contributed by atoms with Crippen LogP contribution >= 0.6 is 0 Å². The summed E-state index contributed by atoms with van der Waals surface area (Å²) in [5.74, 6) is 2.48. The molecule has 1 atom stereocenters. The van der Waals surface area contributed by atoms with E-state index in [1.165, 1.54) is 0 Å². The van der Waals surface area contributed by atoms with Crippen molar-refractivity contribution in [2.24, 2.45) is 0 Å². The van der Waals surface area contributed by atoms with Gasteiger partial charge in [0.25, 0.3) is 0 Å². The first-order valence-electron chi connectivity index (χ1n) is 10.6. The van der Waals surface area contributed by atoms with Gasteiger partial charge in [0.05, 0.1) is 11.8 Å². The van der Waals surface area contributed by atoms with E-state index in [-0.39, 0.29) is 6.10 Å². The number of imidazole rings is 1. The summed E-state index contributed by atoms with van der Waals surface area (Å²) in [6.07, 6.45) is 7.18. The monoisotopic (exact) mass is 405 g/mol. The SMILES string of the molecule is Cc1nccn1-c1ccc(Nc2nc3c(c(NC[C@H]4CCCO4)n2)CNCC3)cc1. The molecule has 3 N–H and O–H groups in total. The molecule has 1 fully saturated rings. The maximum Gasteiger partial charge on any atom is 0.229 e. The lowest BCUT2D eigenvalue weighted by atomic mass is 10.1. The number of nitrogens with one attached hydrogen (secondary N) is 3. The van der Waals surface area contributed by atoms with Crippen molar-refractivity contribution in [3.8, 4) is 5.69 Å². The van der Waals surface area contributed by atoms with Crippen LogP contribution in [0.5, 0.6) is 0 Å². The Kier molecular flexibility index (Phi) is 5.33. The summed E-state index contributed by atoms with van der Waals surface area (Å²) in [7, 11) is 0. The molecule has 0 radical (unpaired) electrons. The van der Waals surface area contributed by atoms with Crippen LogP contribution in [0.25, 0.3) is 5.69 Å². The van der Waals surface area contributed by atoms with Gasteiger partial charge in [-0.2, -0.15) is 4.98 Å². The van der Waals surface area contributed by atoms with Crippen LogP contribution in [0.1, 0.15) is 29.9 Å². The van der Waals surface area contributed by atoms with Crippen LogP contribution in [0.4, 0.5) is 17.5 Å². The minimum atomic E-state index is 0.266. The van der Waals surface area contributed by atoms with Crippen molar-refractivity contribution in [1.29, 1.82) is 0 Å². The number of hydrogen-bond donors (Lipinski definition) is 3. The van der Waals surface area contributed by atoms with Crippen LogP contribution < -0.4 is 16.0 Å². The largest absolute Gasteiger partial charge is 0.376 e. The smallest absolute Gasteiger partial charge is 0.229 e. The van der Waals surface area contributed by atoms with Crippen molar-refractivity contribution in [2.45, 2.75) is 38.8 Å². The molecule has 0 bridgehead atoms. The number of nitrogens with zero attached hydrogens (tertiary/aromatic N) is 4. The molecule has 30 heavy (non-hydrogen) atoms. The van der Waals surface area contributed by atoms with Gasteiger partial charge in [0.15, 0.2) is 0 Å². The summed E-state index contributed by atoms with van der Waals surface area (Å²) in [5.41, 5.74) is 4.30. The Hall–Kier alpha value is -2.97. The molecule has 1 saturated heterocycles. The Morgan fingerprint density at radius 1 is 1.23 bits per heavy atom. The fourth-order valence-electron chi connectivity index (χ4n) is 4.05. The zero-order valence-electron chi connectivity index (χ0n) is 17.2. The molecular weight excluding hydrogens is 378 g/mol. The predicted octanol–water partition coefficient (Wildman–Crippen LogP) is 2.95. The minimum Gasteiger partial charge on any atom is -0.376 e. The van der Waals surface area contributed by atoms with Crippen molar-refractivity contribution in [3.05, 3.63) is 53.7 Å². The van der Waals surface area contributed by atoms with Crippen molar-refractivity contribution in [3.63, 3.8) is 0 Å². The number of ether oxygens (including phenoxy) is 1. The van der Waals surface area contributed by atoms with E-state index in [1.807, 2.05) is 31.5 Å². The average Bonchev–Trinajstić information content (AvgIpc) is 3.44. The molecule has 0 amide bonds. The molecule has 0 spiro atoms. The van der Waals surface area contributed by atoms with Gasteiger partial charge in [0.1, 0.15) is 11.6 Å². The van der Waals surface area contributed by atoms with Crippen LogP contribution in [-0.4, -0.2) is 45.3 Å². The minimum absolute atomic E-state index is 0.266. The van der Waals surface area contributed by atoms with E-state index in [1.54, 1.807) is 0 Å². The van der Waals surface area contributed by atoms with E-state index in [4.69, 9.17) is 14.7 Å². The van der Waals surface area contributed by atoms with Gasteiger partial charge in [-0.1, -0.05) is 0 Å². The summed E-state index contributed by atoms with van der Waals surface area (Å²) >= 11 is 0. The zero-order chi connectivity index (χ0) is 20.3. The Balaban J connectivity index is 1.35. The van der Waals surface area contributed by atoms with E-state index in [9.17, 15) is 0 Å². The van der Waals surface area contributed by atoms with E-state index < -0.39 is 0 Å². The lowest BCUT2D eigenvalue weighted by Crippen LogP contribution is -2.28. The lowest BCUT2D eigenvalue weighted by Gasteiger charge is -2.22. The third kappa shape index (κ3) is 4.01. The first kappa shape index (κ1) is 19.0. The van der Waals surface area contributed by atoms with Crippen LogP contribution in [0.15, 0.2) is 36.7 Å². The second-order valence-corrected chi connectivity index (χ2v) is 7.78. The summed E-state index contributed by atoms with van der Waals surface area (Å²) in [6.45, 7) is 5.36. The highest BCUT2D eigenvalue weighted by atomic mass is 16.5. The first-order chi connectivity index (χ1) is 14.8. The average molecular weight is 406 g/mol. The van der Waals surface area contributed by atoms with Gasteiger partial charge in [-0.3, -0.25) is 0 Å². The number of benzene rings is 1. The summed E-state index contributed by atoms with van der Waals surface area (Å²) < 4.78 is 7.81. The standard InChI is InChI=1S/C22H27N7O/c1-15-24-10-11-29(15)17-6-4-16(5-7-17)26-22-27-20-8-9-23-14-19(20)21(28-22)25-13-18-3-2-12-30-18/h4-7,10-11,18,23H,2-3,8-9,12-14H2,1H3,(H2,25,26,27,28)/t18-/m1/s1. The highest BCUT2D eigenvalue weighted by Crippen LogP contribution is 2.25. The number of aryl methyl sites for hydroxylation is 1. The van der Waals surface area contributed by atoms with Crippen LogP contribution in [-0.2, 0) is 17.7 Å². The van der Waals surface area contributed by atoms with Gasteiger partial charge >= 0.3 is 0 Å². The van der Waals surface area contributed by atoms with Gasteiger partial charge < -0.3 is 25.3 Å². The van der Waals surface area contributed by atoms with Crippen LogP contribution in [0.2, 0.25) is 0 Å². The fourth-order valence-corrected chi connectivity index (χ4v) is 4.05. The molecule has 5 rings (SSSR count). The maximum atomic E-state index is 5.75. The highest BCUT2D eigenvalue weighted by Gasteiger charge is 2.20. The van der Waals surface area contributed by atoms with E-state index >= 15 is 0 Å². The molecule has 0 aliphatic carbocycles. The molecule has 0 unspecified atom stereocenters. The third-order valence-corrected chi connectivity index (χ3v) is 5.68. The quantitative estimate of drug-likeness (QED) is 0.581. The normalized spacial score (nSPS) is 18.2. The Morgan fingerprint density at radius 2 is 2.13 bits per heavy atom. The van der Waals surface area contributed by atoms with Crippen LogP contribution in [0.3, 0.4) is 0 Å². The third-order valence-electron chi connectivity index (χ3n) is 5.68. The molecule has 156 valence electrons.